The van der Waals surface area contributed by atoms with Gasteiger partial charge in [-0.3, -0.25) is 0 Å². The smallest absolute Gasteiger partial charge is 0.122 e. The molecule has 1 unspecified atom stereocenters. The highest BCUT2D eigenvalue weighted by Crippen LogP contribution is 2.32. The highest BCUT2D eigenvalue weighted by molar-refractivity contribution is 6.32. The van der Waals surface area contributed by atoms with Crippen LogP contribution in [0.1, 0.15) is 23.6 Å². The summed E-state index contributed by atoms with van der Waals surface area (Å²) in [5.41, 5.74) is 9.00. The van der Waals surface area contributed by atoms with Crippen LogP contribution in [0.3, 0.4) is 0 Å². The van der Waals surface area contributed by atoms with E-state index in [2.05, 4.69) is 6.92 Å². The first kappa shape index (κ1) is 13.3. The summed E-state index contributed by atoms with van der Waals surface area (Å²) < 4.78 is 5.41. The number of aryl methyl sites for hydroxylation is 1. The molecule has 0 bridgehead atoms. The van der Waals surface area contributed by atoms with Crippen molar-refractivity contribution in [3.63, 3.8) is 0 Å². The van der Waals surface area contributed by atoms with Gasteiger partial charge in [-0.25, -0.2) is 0 Å². The van der Waals surface area contributed by atoms with E-state index in [4.69, 9.17) is 22.1 Å². The van der Waals surface area contributed by atoms with Crippen LogP contribution >= 0.6 is 11.6 Å². The molecule has 0 aromatic heterocycles. The van der Waals surface area contributed by atoms with Gasteiger partial charge in [-0.2, -0.15) is 0 Å². The lowest BCUT2D eigenvalue weighted by molar-refractivity contribution is 0.405. The highest BCUT2D eigenvalue weighted by atomic mass is 35.5. The van der Waals surface area contributed by atoms with Crippen molar-refractivity contribution >= 4 is 11.6 Å². The second kappa shape index (κ2) is 5.55. The average molecular weight is 242 g/mol. The standard InChI is InChI=1S/C13H20ClNO/c1-8(7-15)5-11-10(3)13(14)9(2)6-12(11)16-4/h6,8H,5,7,15H2,1-4H3. The normalized spacial score (nSPS) is 12.6. The van der Waals surface area contributed by atoms with Crippen molar-refractivity contribution in [3.8, 4) is 5.75 Å². The molecule has 0 fully saturated rings. The Morgan fingerprint density at radius 3 is 2.56 bits per heavy atom. The van der Waals surface area contributed by atoms with Gasteiger partial charge in [0.1, 0.15) is 5.75 Å². The van der Waals surface area contributed by atoms with E-state index >= 15 is 0 Å². The maximum atomic E-state index is 6.25. The summed E-state index contributed by atoms with van der Waals surface area (Å²) in [6.07, 6.45) is 0.908. The predicted molar refractivity (Wildman–Crippen MR) is 69.4 cm³/mol. The summed E-state index contributed by atoms with van der Waals surface area (Å²) in [6, 6.07) is 1.99. The molecule has 1 rings (SSSR count). The lowest BCUT2D eigenvalue weighted by atomic mass is 9.95. The minimum atomic E-state index is 0.436. The van der Waals surface area contributed by atoms with E-state index < -0.39 is 0 Å². The number of benzene rings is 1. The molecular weight excluding hydrogens is 222 g/mol. The summed E-state index contributed by atoms with van der Waals surface area (Å²) in [6.45, 7) is 6.84. The van der Waals surface area contributed by atoms with Crippen molar-refractivity contribution in [2.45, 2.75) is 27.2 Å². The maximum Gasteiger partial charge on any atom is 0.122 e. The van der Waals surface area contributed by atoms with Crippen molar-refractivity contribution in [2.75, 3.05) is 13.7 Å². The lowest BCUT2D eigenvalue weighted by Crippen LogP contribution is -2.14. The molecular formula is C13H20ClNO. The SMILES string of the molecule is COc1cc(C)c(Cl)c(C)c1CC(C)CN. The molecule has 1 aromatic rings. The number of hydrogen-bond donors (Lipinski definition) is 1. The average Bonchev–Trinajstić information content (AvgIpc) is 2.29. The van der Waals surface area contributed by atoms with E-state index in [0.29, 0.717) is 12.5 Å². The molecule has 0 saturated carbocycles. The van der Waals surface area contributed by atoms with Crippen LogP contribution in [-0.4, -0.2) is 13.7 Å². The maximum absolute atomic E-state index is 6.25. The monoisotopic (exact) mass is 241 g/mol. The van der Waals surface area contributed by atoms with Crippen molar-refractivity contribution < 1.29 is 4.74 Å². The van der Waals surface area contributed by atoms with Gasteiger partial charge in [0.05, 0.1) is 7.11 Å². The molecule has 0 radical (unpaired) electrons. The zero-order chi connectivity index (χ0) is 12.3. The lowest BCUT2D eigenvalue weighted by Gasteiger charge is -2.17. The number of methoxy groups -OCH3 is 1. The topological polar surface area (TPSA) is 35.2 Å². The van der Waals surface area contributed by atoms with Crippen molar-refractivity contribution in [2.24, 2.45) is 11.7 Å². The Bertz CT molecular complexity index is 377. The minimum Gasteiger partial charge on any atom is -0.496 e. The molecule has 3 heteroatoms. The first-order chi connectivity index (χ1) is 7.51. The second-order valence-electron chi connectivity index (χ2n) is 4.36. The Morgan fingerprint density at radius 1 is 1.44 bits per heavy atom. The molecule has 2 nitrogen and oxygen atoms in total. The summed E-state index contributed by atoms with van der Waals surface area (Å²) in [4.78, 5) is 0. The fourth-order valence-electron chi connectivity index (χ4n) is 1.83. The Morgan fingerprint density at radius 2 is 2.06 bits per heavy atom. The van der Waals surface area contributed by atoms with Crippen LogP contribution in [0.2, 0.25) is 5.02 Å². The Balaban J connectivity index is 3.19. The fraction of sp³-hybridized carbons (Fsp3) is 0.538. The van der Waals surface area contributed by atoms with Crippen LogP contribution in [0.15, 0.2) is 6.07 Å². The van der Waals surface area contributed by atoms with Gasteiger partial charge in [0.2, 0.25) is 0 Å². The molecule has 0 aliphatic heterocycles. The van der Waals surface area contributed by atoms with Crippen LogP contribution in [0.4, 0.5) is 0 Å². The highest BCUT2D eigenvalue weighted by Gasteiger charge is 2.14. The fourth-order valence-corrected chi connectivity index (χ4v) is 2.00. The Hall–Kier alpha value is -0.730. The van der Waals surface area contributed by atoms with E-state index in [0.717, 1.165) is 28.3 Å². The summed E-state index contributed by atoms with van der Waals surface area (Å²) >= 11 is 6.25. The molecule has 0 aliphatic carbocycles. The van der Waals surface area contributed by atoms with Crippen molar-refractivity contribution in [1.29, 1.82) is 0 Å². The zero-order valence-electron chi connectivity index (χ0n) is 10.4. The van der Waals surface area contributed by atoms with Gasteiger partial charge >= 0.3 is 0 Å². The quantitative estimate of drug-likeness (QED) is 0.879. The number of halogens is 1. The first-order valence-corrected chi connectivity index (χ1v) is 5.91. The Labute approximate surface area is 103 Å². The largest absolute Gasteiger partial charge is 0.496 e. The van der Waals surface area contributed by atoms with E-state index in [9.17, 15) is 0 Å². The molecule has 0 aliphatic rings. The number of ether oxygens (including phenoxy) is 1. The van der Waals surface area contributed by atoms with Crippen molar-refractivity contribution in [1.82, 2.24) is 0 Å². The summed E-state index contributed by atoms with van der Waals surface area (Å²) in [5.74, 6) is 1.35. The molecule has 0 heterocycles. The molecule has 1 atom stereocenters. The number of nitrogens with two attached hydrogens (primary N) is 1. The van der Waals surface area contributed by atoms with Gasteiger partial charge in [0.25, 0.3) is 0 Å². The third kappa shape index (κ3) is 2.69. The van der Waals surface area contributed by atoms with E-state index in [1.807, 2.05) is 19.9 Å². The van der Waals surface area contributed by atoms with E-state index in [-0.39, 0.29) is 0 Å². The predicted octanol–water partition coefficient (Wildman–Crippen LogP) is 3.10. The van der Waals surface area contributed by atoms with E-state index in [1.54, 1.807) is 7.11 Å². The van der Waals surface area contributed by atoms with Crippen LogP contribution in [0.25, 0.3) is 0 Å². The number of rotatable bonds is 4. The van der Waals surface area contributed by atoms with Gasteiger partial charge in [0, 0.05) is 5.02 Å². The summed E-state index contributed by atoms with van der Waals surface area (Å²) in [5, 5.41) is 0.833. The molecule has 0 saturated heterocycles. The van der Waals surface area contributed by atoms with E-state index in [1.165, 1.54) is 5.56 Å². The minimum absolute atomic E-state index is 0.436. The van der Waals surface area contributed by atoms with Gasteiger partial charge < -0.3 is 10.5 Å². The van der Waals surface area contributed by atoms with Crippen LogP contribution in [0.5, 0.6) is 5.75 Å². The zero-order valence-corrected chi connectivity index (χ0v) is 11.2. The van der Waals surface area contributed by atoms with Crippen LogP contribution in [0, 0.1) is 19.8 Å². The van der Waals surface area contributed by atoms with Crippen LogP contribution < -0.4 is 10.5 Å². The molecule has 0 spiro atoms. The molecule has 1 aromatic carbocycles. The molecule has 0 amide bonds. The van der Waals surface area contributed by atoms with Crippen molar-refractivity contribution in [3.05, 3.63) is 27.8 Å². The summed E-state index contributed by atoms with van der Waals surface area (Å²) in [7, 11) is 1.69. The molecule has 90 valence electrons. The molecule has 16 heavy (non-hydrogen) atoms. The van der Waals surface area contributed by atoms with Crippen LogP contribution in [-0.2, 0) is 6.42 Å². The van der Waals surface area contributed by atoms with Gasteiger partial charge in [-0.15, -0.1) is 0 Å². The van der Waals surface area contributed by atoms with Gasteiger partial charge in [-0.1, -0.05) is 18.5 Å². The van der Waals surface area contributed by atoms with Gasteiger partial charge in [-0.05, 0) is 55.5 Å². The number of hydrogen-bond acceptors (Lipinski definition) is 2. The third-order valence-electron chi connectivity index (χ3n) is 2.95. The first-order valence-electron chi connectivity index (χ1n) is 5.53. The molecule has 2 N–H and O–H groups in total. The Kier molecular flexibility index (Phi) is 4.63. The second-order valence-corrected chi connectivity index (χ2v) is 4.74. The third-order valence-corrected chi connectivity index (χ3v) is 3.53. The van der Waals surface area contributed by atoms with Gasteiger partial charge in [0.15, 0.2) is 0 Å².